The molecule has 172 valence electrons. The van der Waals surface area contributed by atoms with Crippen molar-refractivity contribution in [1.82, 2.24) is 14.8 Å². The van der Waals surface area contributed by atoms with Gasteiger partial charge in [-0.05, 0) is 37.0 Å². The van der Waals surface area contributed by atoms with Crippen LogP contribution in [0.3, 0.4) is 0 Å². The molecule has 0 bridgehead atoms. The quantitative estimate of drug-likeness (QED) is 0.750. The molecule has 2 fully saturated rings. The summed E-state index contributed by atoms with van der Waals surface area (Å²) >= 11 is 0. The van der Waals surface area contributed by atoms with Gasteiger partial charge in [0.25, 0.3) is 0 Å². The van der Waals surface area contributed by atoms with E-state index < -0.39 is 0 Å². The van der Waals surface area contributed by atoms with E-state index in [-0.39, 0.29) is 35.8 Å². The second-order valence-corrected chi connectivity index (χ2v) is 9.75. The largest absolute Gasteiger partial charge is 0.497 e. The Hall–Kier alpha value is -2.54. The number of fused-ring (bicyclic) bond motifs is 4. The molecule has 1 aromatic heterocycles. The fourth-order valence-corrected chi connectivity index (χ4v) is 6.14. The van der Waals surface area contributed by atoms with Crippen LogP contribution < -0.4 is 4.74 Å². The van der Waals surface area contributed by atoms with Crippen LogP contribution in [0.15, 0.2) is 18.2 Å². The number of H-pyrrole nitrogens is 1. The van der Waals surface area contributed by atoms with Gasteiger partial charge in [0.05, 0.1) is 25.2 Å². The van der Waals surface area contributed by atoms with Gasteiger partial charge in [0.15, 0.2) is 0 Å². The normalized spacial score (nSPS) is 22.3. The molecule has 1 atom stereocenters. The molecule has 0 unspecified atom stereocenters. The number of methoxy groups -OCH3 is 1. The monoisotopic (exact) mass is 439 g/mol. The maximum absolute atomic E-state index is 13.5. The van der Waals surface area contributed by atoms with E-state index in [1.807, 2.05) is 28.9 Å². The second kappa shape index (κ2) is 8.10. The number of ether oxygens (including phenoxy) is 1. The number of nitrogens with zero attached hydrogens (tertiary/aromatic N) is 2. The number of nitrogens with one attached hydrogen (secondary N) is 1. The highest BCUT2D eigenvalue weighted by Crippen LogP contribution is 2.49. The minimum Gasteiger partial charge on any atom is -0.497 e. The van der Waals surface area contributed by atoms with Crippen LogP contribution in [0.4, 0.5) is 0 Å². The van der Waals surface area contributed by atoms with Crippen LogP contribution in [0.5, 0.6) is 5.75 Å². The van der Waals surface area contributed by atoms with Crippen molar-refractivity contribution < 1.29 is 19.4 Å². The van der Waals surface area contributed by atoms with Gasteiger partial charge in [-0.25, -0.2) is 0 Å². The van der Waals surface area contributed by atoms with E-state index in [2.05, 4.69) is 11.1 Å². The zero-order valence-corrected chi connectivity index (χ0v) is 19.0. The predicted molar refractivity (Wildman–Crippen MR) is 122 cm³/mol. The summed E-state index contributed by atoms with van der Waals surface area (Å²) in [6.45, 7) is 3.68. The van der Waals surface area contributed by atoms with Gasteiger partial charge in [-0.1, -0.05) is 19.8 Å². The maximum atomic E-state index is 13.5. The maximum Gasteiger partial charge on any atom is 0.226 e. The van der Waals surface area contributed by atoms with Crippen LogP contribution in [0.25, 0.3) is 10.9 Å². The van der Waals surface area contributed by atoms with Crippen LogP contribution >= 0.6 is 0 Å². The molecule has 7 heteroatoms. The van der Waals surface area contributed by atoms with Crippen LogP contribution in [0.2, 0.25) is 0 Å². The Labute approximate surface area is 188 Å². The summed E-state index contributed by atoms with van der Waals surface area (Å²) in [5.41, 5.74) is 2.72. The van der Waals surface area contributed by atoms with Crippen LogP contribution in [-0.2, 0) is 15.0 Å². The SMILES string of the molecule is CCCC(=O)N1CC2(C1)CN(C(=O)C1CCCC1)[C@@H](CO)c1[nH]c3cc(OC)ccc3c12. The van der Waals surface area contributed by atoms with Gasteiger partial charge < -0.3 is 24.6 Å². The summed E-state index contributed by atoms with van der Waals surface area (Å²) in [4.78, 5) is 33.5. The Kier molecular flexibility index (Phi) is 5.40. The molecule has 5 rings (SSSR count). The van der Waals surface area contributed by atoms with E-state index in [0.717, 1.165) is 60.0 Å². The number of amides is 2. The zero-order chi connectivity index (χ0) is 22.5. The van der Waals surface area contributed by atoms with E-state index in [9.17, 15) is 14.7 Å². The third kappa shape index (κ3) is 3.20. The Morgan fingerprint density at radius 1 is 1.22 bits per heavy atom. The van der Waals surface area contributed by atoms with Crippen molar-refractivity contribution in [1.29, 1.82) is 0 Å². The molecule has 2 amide bonds. The fraction of sp³-hybridized carbons (Fsp3) is 0.600. The standard InChI is InChI=1S/C25H33N3O4/c1-3-6-21(30)27-13-25(14-27)15-28(24(31)16-7-4-5-8-16)20(12-29)23-22(25)18-10-9-17(32-2)11-19(18)26-23/h9-11,16,20,26,29H,3-8,12-15H2,1-2H3/t20-/m0/s1. The van der Waals surface area contributed by atoms with Crippen molar-refractivity contribution in [2.75, 3.05) is 33.4 Å². The first-order chi connectivity index (χ1) is 15.5. The average Bonchev–Trinajstić information content (AvgIpc) is 3.43. The highest BCUT2D eigenvalue weighted by atomic mass is 16.5. The molecule has 3 heterocycles. The summed E-state index contributed by atoms with van der Waals surface area (Å²) in [7, 11) is 1.65. The lowest BCUT2D eigenvalue weighted by atomic mass is 9.68. The first-order valence-corrected chi connectivity index (χ1v) is 11.9. The number of carbonyl (C=O) groups is 2. The Morgan fingerprint density at radius 3 is 2.62 bits per heavy atom. The average molecular weight is 440 g/mol. The molecule has 2 aliphatic heterocycles. The van der Waals surface area contributed by atoms with Gasteiger partial charge in [0, 0.05) is 54.6 Å². The number of aromatic amines is 1. The highest BCUT2D eigenvalue weighted by molar-refractivity contribution is 5.90. The van der Waals surface area contributed by atoms with Crippen molar-refractivity contribution in [2.45, 2.75) is 56.9 Å². The lowest BCUT2D eigenvalue weighted by Gasteiger charge is -2.56. The number of hydrogen-bond donors (Lipinski definition) is 2. The van der Waals surface area contributed by atoms with Gasteiger partial charge in [-0.2, -0.15) is 0 Å². The van der Waals surface area contributed by atoms with Crippen LogP contribution in [-0.4, -0.2) is 65.1 Å². The summed E-state index contributed by atoms with van der Waals surface area (Å²) in [6, 6.07) is 5.59. The molecule has 1 spiro atoms. The first kappa shape index (κ1) is 21.3. The van der Waals surface area contributed by atoms with Crippen LogP contribution in [0, 0.1) is 5.92 Å². The van der Waals surface area contributed by atoms with Crippen molar-refractivity contribution in [2.24, 2.45) is 5.92 Å². The number of aromatic nitrogens is 1. The number of rotatable bonds is 5. The highest BCUT2D eigenvalue weighted by Gasteiger charge is 2.55. The van der Waals surface area contributed by atoms with Crippen molar-refractivity contribution in [3.05, 3.63) is 29.5 Å². The molecule has 1 aromatic carbocycles. The molecule has 2 aromatic rings. The number of benzene rings is 1. The fourth-order valence-electron chi connectivity index (χ4n) is 6.14. The van der Waals surface area contributed by atoms with E-state index in [4.69, 9.17) is 4.74 Å². The molecular formula is C25H33N3O4. The summed E-state index contributed by atoms with van der Waals surface area (Å²) < 4.78 is 5.42. The molecule has 0 radical (unpaired) electrons. The number of carbonyl (C=O) groups excluding carboxylic acids is 2. The molecule has 2 N–H and O–H groups in total. The summed E-state index contributed by atoms with van der Waals surface area (Å²) in [5, 5.41) is 11.5. The number of aliphatic hydroxyl groups is 1. The number of likely N-dealkylation sites (tertiary alicyclic amines) is 1. The van der Waals surface area contributed by atoms with E-state index in [0.29, 0.717) is 26.1 Å². The van der Waals surface area contributed by atoms with Crippen molar-refractivity contribution in [3.8, 4) is 5.75 Å². The lowest BCUT2D eigenvalue weighted by Crippen LogP contribution is -2.68. The Balaban J connectivity index is 1.58. The third-order valence-corrected chi connectivity index (χ3v) is 7.71. The summed E-state index contributed by atoms with van der Waals surface area (Å²) in [5.74, 6) is 1.14. The zero-order valence-electron chi connectivity index (χ0n) is 19.0. The van der Waals surface area contributed by atoms with Gasteiger partial charge in [0.1, 0.15) is 5.75 Å². The first-order valence-electron chi connectivity index (χ1n) is 11.9. The van der Waals surface area contributed by atoms with E-state index >= 15 is 0 Å². The lowest BCUT2D eigenvalue weighted by molar-refractivity contribution is -0.147. The minimum absolute atomic E-state index is 0.0463. The van der Waals surface area contributed by atoms with Gasteiger partial charge in [0.2, 0.25) is 11.8 Å². The molecule has 1 aliphatic carbocycles. The molecule has 7 nitrogen and oxygen atoms in total. The molecule has 1 saturated heterocycles. The van der Waals surface area contributed by atoms with Crippen molar-refractivity contribution in [3.63, 3.8) is 0 Å². The molecule has 1 saturated carbocycles. The van der Waals surface area contributed by atoms with Crippen LogP contribution in [0.1, 0.15) is 62.7 Å². The Bertz CT molecular complexity index is 1030. The number of hydrogen-bond acceptors (Lipinski definition) is 4. The molecule has 32 heavy (non-hydrogen) atoms. The van der Waals surface area contributed by atoms with Gasteiger partial charge >= 0.3 is 0 Å². The smallest absolute Gasteiger partial charge is 0.226 e. The van der Waals surface area contributed by atoms with E-state index in [1.165, 1.54) is 0 Å². The summed E-state index contributed by atoms with van der Waals surface area (Å²) in [6.07, 6.45) is 5.43. The Morgan fingerprint density at radius 2 is 1.97 bits per heavy atom. The number of aliphatic hydroxyl groups excluding tert-OH is 1. The molecule has 3 aliphatic rings. The topological polar surface area (TPSA) is 85.9 Å². The molecular weight excluding hydrogens is 406 g/mol. The predicted octanol–water partition coefficient (Wildman–Crippen LogP) is 3.12. The van der Waals surface area contributed by atoms with Gasteiger partial charge in [-0.3, -0.25) is 9.59 Å². The minimum atomic E-state index is -0.387. The van der Waals surface area contributed by atoms with Gasteiger partial charge in [-0.15, -0.1) is 0 Å². The second-order valence-electron chi connectivity index (χ2n) is 9.75. The third-order valence-electron chi connectivity index (χ3n) is 7.71. The van der Waals surface area contributed by atoms with E-state index in [1.54, 1.807) is 7.11 Å². The van der Waals surface area contributed by atoms with Crippen molar-refractivity contribution >= 4 is 22.7 Å².